The molecule has 3 aromatic carbocycles. The molecule has 0 aliphatic heterocycles. The quantitative estimate of drug-likeness (QED) is 0.497. The molecule has 1 N–H and O–H groups in total. The van der Waals surface area contributed by atoms with Crippen LogP contribution in [0.2, 0.25) is 0 Å². The second-order valence-corrected chi connectivity index (χ2v) is 6.40. The Kier molecular flexibility index (Phi) is 6.54. The molecule has 0 fully saturated rings. The van der Waals surface area contributed by atoms with Crippen LogP contribution in [0, 0.1) is 11.6 Å². The number of hydrogen-bond donors (Lipinski definition) is 1. The van der Waals surface area contributed by atoms with Crippen LogP contribution < -0.4 is 4.74 Å². The molecule has 1 heterocycles. The third-order valence-electron chi connectivity index (χ3n) is 4.66. The van der Waals surface area contributed by atoms with Gasteiger partial charge in [0.1, 0.15) is 28.6 Å². The predicted molar refractivity (Wildman–Crippen MR) is 112 cm³/mol. The van der Waals surface area contributed by atoms with Gasteiger partial charge in [-0.15, -0.1) is 0 Å². The van der Waals surface area contributed by atoms with Crippen molar-refractivity contribution >= 4 is 52.3 Å². The van der Waals surface area contributed by atoms with Crippen LogP contribution in [0.5, 0.6) is 5.75 Å². The Bertz CT molecular complexity index is 1320. The first kappa shape index (κ1) is 22.6. The van der Waals surface area contributed by atoms with Gasteiger partial charge < -0.3 is 9.84 Å². The number of methoxy groups -OCH3 is 1. The van der Waals surface area contributed by atoms with Gasteiger partial charge in [0.25, 0.3) is 5.91 Å². The summed E-state index contributed by atoms with van der Waals surface area (Å²) >= 11 is 0. The summed E-state index contributed by atoms with van der Waals surface area (Å²) in [5.74, 6) is -3.59. The van der Waals surface area contributed by atoms with Crippen molar-refractivity contribution in [3.63, 3.8) is 0 Å². The number of ether oxygens (including phenoxy) is 1. The Hall–Kier alpha value is -3.07. The zero-order chi connectivity index (χ0) is 21.4. The van der Waals surface area contributed by atoms with Crippen LogP contribution in [-0.2, 0) is 0 Å². The summed E-state index contributed by atoms with van der Waals surface area (Å²) < 4.78 is 35.2. The van der Waals surface area contributed by atoms with Crippen LogP contribution in [0.15, 0.2) is 60.7 Å². The molecule has 0 bridgehead atoms. The van der Waals surface area contributed by atoms with Crippen molar-refractivity contribution < 1.29 is 28.2 Å². The van der Waals surface area contributed by atoms with Crippen molar-refractivity contribution in [1.82, 2.24) is 9.78 Å². The Morgan fingerprint density at radius 3 is 2.42 bits per heavy atom. The van der Waals surface area contributed by atoms with E-state index in [2.05, 4.69) is 5.10 Å². The van der Waals surface area contributed by atoms with Crippen LogP contribution in [0.1, 0.15) is 20.7 Å². The van der Waals surface area contributed by atoms with Gasteiger partial charge in [0.2, 0.25) is 0 Å². The number of carboxylic acids is 1. The van der Waals surface area contributed by atoms with Gasteiger partial charge in [-0.25, -0.2) is 13.6 Å². The molecule has 31 heavy (non-hydrogen) atoms. The maximum absolute atomic E-state index is 14.7. The molecule has 9 heteroatoms. The number of fused-ring (bicyclic) bond motifs is 1. The van der Waals surface area contributed by atoms with E-state index < -0.39 is 23.5 Å². The van der Waals surface area contributed by atoms with Gasteiger partial charge >= 0.3 is 35.5 Å². The summed E-state index contributed by atoms with van der Waals surface area (Å²) in [6.07, 6.45) is 0. The summed E-state index contributed by atoms with van der Waals surface area (Å²) in [4.78, 5) is 24.2. The second kappa shape index (κ2) is 8.97. The van der Waals surface area contributed by atoms with Crippen LogP contribution >= 0.6 is 0 Å². The fourth-order valence-electron chi connectivity index (χ4n) is 3.25. The monoisotopic (exact) mass is 432 g/mol. The van der Waals surface area contributed by atoms with Gasteiger partial charge in [-0.1, -0.05) is 24.3 Å². The summed E-state index contributed by atoms with van der Waals surface area (Å²) in [5.41, 5.74) is -0.0369. The first-order valence-electron chi connectivity index (χ1n) is 8.80. The molecule has 1 aromatic heterocycles. The van der Waals surface area contributed by atoms with Crippen molar-refractivity contribution in [3.05, 3.63) is 83.4 Å². The second-order valence-electron chi connectivity index (χ2n) is 6.40. The van der Waals surface area contributed by atoms with Crippen LogP contribution in [0.4, 0.5) is 8.78 Å². The summed E-state index contributed by atoms with van der Waals surface area (Å²) in [6.45, 7) is 0. The molecule has 0 amide bonds. The summed E-state index contributed by atoms with van der Waals surface area (Å²) in [6, 6.07) is 14.0. The van der Waals surface area contributed by atoms with E-state index >= 15 is 0 Å². The van der Waals surface area contributed by atoms with Gasteiger partial charge in [0.15, 0.2) is 0 Å². The molecular weight excluding hydrogens is 417 g/mol. The molecule has 0 atom stereocenters. The van der Waals surface area contributed by atoms with Gasteiger partial charge in [-0.2, -0.15) is 9.78 Å². The first-order valence-corrected chi connectivity index (χ1v) is 8.80. The van der Waals surface area contributed by atoms with Crippen LogP contribution in [-0.4, -0.2) is 63.4 Å². The van der Waals surface area contributed by atoms with Crippen LogP contribution in [0.3, 0.4) is 0 Å². The summed E-state index contributed by atoms with van der Waals surface area (Å²) in [7, 11) is 1.32. The summed E-state index contributed by atoms with van der Waals surface area (Å²) in [5, 5.41) is 13.7. The molecule has 152 valence electrons. The van der Waals surface area contributed by atoms with Gasteiger partial charge in [0, 0.05) is 10.9 Å². The van der Waals surface area contributed by atoms with Gasteiger partial charge in [-0.05, 0) is 36.4 Å². The molecular formula is C22H15F2N2NaO4. The standard InChI is InChI=1S/C22H14F2N2O4.Na.H/c1-30-18-8-4-6-15(23)19(18)21(27)26-17-7-3-2-5-14(17)20(25-26)13-10-9-12(22(28)29)11-16(13)24;;/h2-11H,1H3,(H,28,29);;. The molecule has 4 rings (SSSR count). The zero-order valence-electron chi connectivity index (χ0n) is 15.6. The van der Waals surface area contributed by atoms with E-state index in [9.17, 15) is 18.4 Å². The maximum atomic E-state index is 14.7. The third-order valence-corrected chi connectivity index (χ3v) is 4.66. The van der Waals surface area contributed by atoms with Gasteiger partial charge in [0.05, 0.1) is 18.2 Å². The normalized spacial score (nSPS) is 10.5. The molecule has 0 spiro atoms. The number of hydrogen-bond acceptors (Lipinski definition) is 4. The number of para-hydroxylation sites is 1. The van der Waals surface area contributed by atoms with E-state index in [1.165, 1.54) is 31.4 Å². The number of carbonyl (C=O) groups excluding carboxylic acids is 1. The molecule has 0 aliphatic rings. The molecule has 0 aliphatic carbocycles. The van der Waals surface area contributed by atoms with E-state index in [0.29, 0.717) is 10.9 Å². The van der Waals surface area contributed by atoms with Crippen molar-refractivity contribution in [3.8, 4) is 17.0 Å². The molecule has 4 aromatic rings. The fourth-order valence-corrected chi connectivity index (χ4v) is 3.25. The number of aromatic carboxylic acids is 1. The SMILES string of the molecule is COc1cccc(F)c1C(=O)n1nc(-c2ccc(C(=O)O)cc2F)c2ccccc21.[NaH]. The number of halogens is 2. The third kappa shape index (κ3) is 3.97. The molecule has 0 saturated carbocycles. The number of benzene rings is 3. The van der Waals surface area contributed by atoms with E-state index in [0.717, 1.165) is 16.8 Å². The minimum atomic E-state index is -1.27. The van der Waals surface area contributed by atoms with Crippen molar-refractivity contribution in [1.29, 1.82) is 0 Å². The topological polar surface area (TPSA) is 81.4 Å². The van der Waals surface area contributed by atoms with Crippen molar-refractivity contribution in [2.75, 3.05) is 7.11 Å². The number of carbonyl (C=O) groups is 2. The van der Waals surface area contributed by atoms with Gasteiger partial charge in [-0.3, -0.25) is 4.79 Å². The van der Waals surface area contributed by atoms with E-state index in [4.69, 9.17) is 9.84 Å². The van der Waals surface area contributed by atoms with Crippen LogP contribution in [0.25, 0.3) is 22.2 Å². The Morgan fingerprint density at radius 1 is 1.00 bits per heavy atom. The zero-order valence-corrected chi connectivity index (χ0v) is 15.6. The number of carboxylic acid groups (broad SMARTS) is 1. The molecule has 0 unspecified atom stereocenters. The number of aromatic nitrogens is 2. The average molecular weight is 432 g/mol. The number of nitrogens with zero attached hydrogens (tertiary/aromatic N) is 2. The molecule has 0 radical (unpaired) electrons. The average Bonchev–Trinajstić information content (AvgIpc) is 3.12. The molecule has 0 saturated heterocycles. The van der Waals surface area contributed by atoms with E-state index in [1.807, 2.05) is 0 Å². The Labute approximate surface area is 197 Å². The Balaban J connectivity index is 0.00000272. The first-order chi connectivity index (χ1) is 14.4. The van der Waals surface area contributed by atoms with E-state index in [1.54, 1.807) is 24.3 Å². The fraction of sp³-hybridized carbons (Fsp3) is 0.0455. The number of rotatable bonds is 4. The minimum absolute atomic E-state index is 0. The Morgan fingerprint density at radius 2 is 1.74 bits per heavy atom. The van der Waals surface area contributed by atoms with Crippen molar-refractivity contribution in [2.45, 2.75) is 0 Å². The molecule has 6 nitrogen and oxygen atoms in total. The van der Waals surface area contributed by atoms with Crippen molar-refractivity contribution in [2.24, 2.45) is 0 Å². The predicted octanol–water partition coefficient (Wildman–Crippen LogP) is 3.73. The van der Waals surface area contributed by atoms with E-state index in [-0.39, 0.29) is 57.7 Å².